The molecule has 5 heteroatoms. The van der Waals surface area contributed by atoms with E-state index in [9.17, 15) is 14.7 Å². The van der Waals surface area contributed by atoms with Gasteiger partial charge in [-0.2, -0.15) is 0 Å². The molecule has 25 heavy (non-hydrogen) atoms. The molecule has 1 fully saturated rings. The molecule has 1 amide bonds. The normalized spacial score (nSPS) is 21.6. The molecule has 0 aliphatic carbocycles. The summed E-state index contributed by atoms with van der Waals surface area (Å²) >= 11 is 0. The zero-order chi connectivity index (χ0) is 17.8. The van der Waals surface area contributed by atoms with E-state index in [1.165, 1.54) is 0 Å². The van der Waals surface area contributed by atoms with Crippen molar-refractivity contribution >= 4 is 22.6 Å². The number of amides is 1. The predicted octanol–water partition coefficient (Wildman–Crippen LogP) is 2.77. The molecule has 3 atom stereocenters. The third-order valence-corrected chi connectivity index (χ3v) is 4.77. The molecule has 132 valence electrons. The molecule has 0 unspecified atom stereocenters. The van der Waals surface area contributed by atoms with Crippen LogP contribution in [-0.2, 0) is 20.7 Å². The number of ether oxygens (including phenoxy) is 1. The average Bonchev–Trinajstić information content (AvgIpc) is 2.61. The second-order valence-electron chi connectivity index (χ2n) is 6.64. The molecular weight excluding hydrogens is 318 g/mol. The first-order chi connectivity index (χ1) is 12.0. The van der Waals surface area contributed by atoms with Crippen LogP contribution in [0.3, 0.4) is 0 Å². The van der Waals surface area contributed by atoms with E-state index in [-0.39, 0.29) is 24.3 Å². The van der Waals surface area contributed by atoms with Crippen LogP contribution in [0.2, 0.25) is 0 Å². The fraction of sp³-hybridized carbons (Fsp3) is 0.400. The summed E-state index contributed by atoms with van der Waals surface area (Å²) in [5.74, 6) is -1.39. The Hall–Kier alpha value is -2.40. The van der Waals surface area contributed by atoms with Gasteiger partial charge in [-0.1, -0.05) is 42.5 Å². The molecule has 1 aliphatic rings. The molecule has 0 saturated carbocycles. The van der Waals surface area contributed by atoms with Crippen LogP contribution in [0.1, 0.15) is 25.3 Å². The maximum atomic E-state index is 12.5. The lowest BCUT2D eigenvalue weighted by Gasteiger charge is -2.27. The number of hydrogen-bond donors (Lipinski definition) is 2. The van der Waals surface area contributed by atoms with Crippen molar-refractivity contribution in [2.24, 2.45) is 5.92 Å². The lowest BCUT2D eigenvalue weighted by Crippen LogP contribution is -2.46. The van der Waals surface area contributed by atoms with E-state index in [1.807, 2.05) is 49.4 Å². The van der Waals surface area contributed by atoms with Crippen molar-refractivity contribution in [2.75, 3.05) is 6.61 Å². The number of fused-ring (bicyclic) bond motifs is 1. The summed E-state index contributed by atoms with van der Waals surface area (Å²) in [6.07, 6.45) is 1.57. The van der Waals surface area contributed by atoms with Gasteiger partial charge in [-0.25, -0.2) is 4.79 Å². The molecular formula is C20H23NO4. The van der Waals surface area contributed by atoms with Gasteiger partial charge in [0.15, 0.2) is 0 Å². The monoisotopic (exact) mass is 341 g/mol. The fourth-order valence-electron chi connectivity index (χ4n) is 3.42. The topological polar surface area (TPSA) is 75.6 Å². The third-order valence-electron chi connectivity index (χ3n) is 4.77. The van der Waals surface area contributed by atoms with Gasteiger partial charge in [-0.05, 0) is 36.1 Å². The molecule has 0 bridgehead atoms. The Bertz CT molecular complexity index is 768. The van der Waals surface area contributed by atoms with Crippen LogP contribution in [0, 0.1) is 5.92 Å². The number of aliphatic carboxylic acids is 1. The van der Waals surface area contributed by atoms with Crippen molar-refractivity contribution in [2.45, 2.75) is 38.3 Å². The Balaban J connectivity index is 1.75. The number of carboxylic acids is 1. The number of carbonyl (C=O) groups is 2. The average molecular weight is 341 g/mol. The molecule has 5 nitrogen and oxygen atoms in total. The summed E-state index contributed by atoms with van der Waals surface area (Å²) in [7, 11) is 0. The highest BCUT2D eigenvalue weighted by molar-refractivity contribution is 5.88. The number of rotatable bonds is 5. The van der Waals surface area contributed by atoms with Crippen LogP contribution in [-0.4, -0.2) is 35.7 Å². The molecule has 3 rings (SSSR count). The zero-order valence-electron chi connectivity index (χ0n) is 14.3. The summed E-state index contributed by atoms with van der Waals surface area (Å²) in [4.78, 5) is 24.2. The summed E-state index contributed by atoms with van der Waals surface area (Å²) in [5.41, 5.74) is 0.922. The van der Waals surface area contributed by atoms with Gasteiger partial charge < -0.3 is 15.2 Å². The van der Waals surface area contributed by atoms with E-state index in [1.54, 1.807) is 0 Å². The minimum absolute atomic E-state index is 0.0332. The van der Waals surface area contributed by atoms with Gasteiger partial charge in [0, 0.05) is 18.9 Å². The van der Waals surface area contributed by atoms with Gasteiger partial charge >= 0.3 is 5.97 Å². The van der Waals surface area contributed by atoms with Crippen LogP contribution in [0.4, 0.5) is 0 Å². The predicted molar refractivity (Wildman–Crippen MR) is 95.4 cm³/mol. The van der Waals surface area contributed by atoms with Crippen molar-refractivity contribution in [1.29, 1.82) is 0 Å². The molecule has 2 aromatic carbocycles. The molecule has 0 spiro atoms. The first kappa shape index (κ1) is 17.4. The van der Waals surface area contributed by atoms with Crippen LogP contribution >= 0.6 is 0 Å². The van der Waals surface area contributed by atoms with Gasteiger partial charge in [-0.3, -0.25) is 4.79 Å². The summed E-state index contributed by atoms with van der Waals surface area (Å²) in [5, 5.41) is 14.4. The van der Waals surface area contributed by atoms with Crippen LogP contribution in [0.15, 0.2) is 42.5 Å². The smallest absolute Gasteiger partial charge is 0.326 e. The fourth-order valence-corrected chi connectivity index (χ4v) is 3.42. The number of nitrogens with one attached hydrogen (secondary N) is 1. The Morgan fingerprint density at radius 2 is 2.00 bits per heavy atom. The van der Waals surface area contributed by atoms with Crippen molar-refractivity contribution < 1.29 is 19.4 Å². The Labute approximate surface area is 147 Å². The van der Waals surface area contributed by atoms with Crippen molar-refractivity contribution in [3.63, 3.8) is 0 Å². The van der Waals surface area contributed by atoms with E-state index in [0.717, 1.165) is 16.3 Å². The van der Waals surface area contributed by atoms with Crippen LogP contribution < -0.4 is 5.32 Å². The maximum absolute atomic E-state index is 12.5. The summed E-state index contributed by atoms with van der Waals surface area (Å²) in [6, 6.07) is 12.8. The lowest BCUT2D eigenvalue weighted by molar-refractivity contribution is -0.143. The van der Waals surface area contributed by atoms with Gasteiger partial charge in [-0.15, -0.1) is 0 Å². The molecule has 2 N–H and O–H groups in total. The minimum atomic E-state index is -1.01. The lowest BCUT2D eigenvalue weighted by atomic mass is 9.94. The van der Waals surface area contributed by atoms with Gasteiger partial charge in [0.2, 0.25) is 5.91 Å². The van der Waals surface area contributed by atoms with Gasteiger partial charge in [0.05, 0.1) is 6.10 Å². The third kappa shape index (κ3) is 4.17. The van der Waals surface area contributed by atoms with E-state index >= 15 is 0 Å². The maximum Gasteiger partial charge on any atom is 0.326 e. The molecule has 1 heterocycles. The molecule has 0 radical (unpaired) electrons. The van der Waals surface area contributed by atoms with E-state index in [0.29, 0.717) is 19.4 Å². The summed E-state index contributed by atoms with van der Waals surface area (Å²) < 4.78 is 5.46. The Morgan fingerprint density at radius 1 is 1.24 bits per heavy atom. The van der Waals surface area contributed by atoms with E-state index in [4.69, 9.17) is 4.74 Å². The molecule has 1 aliphatic heterocycles. The van der Waals surface area contributed by atoms with Gasteiger partial charge in [0.25, 0.3) is 0 Å². The van der Waals surface area contributed by atoms with Crippen LogP contribution in [0.5, 0.6) is 0 Å². The Morgan fingerprint density at radius 3 is 2.76 bits per heavy atom. The highest BCUT2D eigenvalue weighted by Gasteiger charge is 2.29. The van der Waals surface area contributed by atoms with E-state index in [2.05, 4.69) is 5.32 Å². The molecule has 0 aromatic heterocycles. The second-order valence-corrected chi connectivity index (χ2v) is 6.64. The molecule has 2 aromatic rings. The standard InChI is InChI=1S/C20H23NO4/c1-13-11-16(9-10-25-13)19(22)21-18(20(23)24)12-15-7-4-6-14-5-2-3-8-17(14)15/h2-8,13,16,18H,9-12H2,1H3,(H,21,22)(H,23,24)/t13-,16+,18+/m1/s1. The number of carbonyl (C=O) groups excluding carboxylic acids is 1. The van der Waals surface area contributed by atoms with Crippen molar-refractivity contribution in [3.8, 4) is 0 Å². The second kappa shape index (κ2) is 7.66. The van der Waals surface area contributed by atoms with Crippen molar-refractivity contribution in [3.05, 3.63) is 48.0 Å². The zero-order valence-corrected chi connectivity index (χ0v) is 14.3. The Kier molecular flexibility index (Phi) is 5.34. The first-order valence-corrected chi connectivity index (χ1v) is 8.66. The SMILES string of the molecule is C[C@@H]1C[C@@H](C(=O)N[C@@H](Cc2cccc3ccccc23)C(=O)O)CCO1. The van der Waals surface area contributed by atoms with Crippen molar-refractivity contribution in [1.82, 2.24) is 5.32 Å². The first-order valence-electron chi connectivity index (χ1n) is 8.66. The van der Waals surface area contributed by atoms with Gasteiger partial charge in [0.1, 0.15) is 6.04 Å². The van der Waals surface area contributed by atoms with E-state index < -0.39 is 12.0 Å². The highest BCUT2D eigenvalue weighted by atomic mass is 16.5. The largest absolute Gasteiger partial charge is 0.480 e. The number of hydrogen-bond acceptors (Lipinski definition) is 3. The minimum Gasteiger partial charge on any atom is -0.480 e. The number of carboxylic acid groups (broad SMARTS) is 1. The highest BCUT2D eigenvalue weighted by Crippen LogP contribution is 2.22. The van der Waals surface area contributed by atoms with Crippen LogP contribution in [0.25, 0.3) is 10.8 Å². The summed E-state index contributed by atoms with van der Waals surface area (Å²) in [6.45, 7) is 2.48. The quantitative estimate of drug-likeness (QED) is 0.877. The molecule has 1 saturated heterocycles. The number of benzene rings is 2.